The third-order valence-corrected chi connectivity index (χ3v) is 6.21. The van der Waals surface area contributed by atoms with Gasteiger partial charge in [-0.3, -0.25) is 14.4 Å². The van der Waals surface area contributed by atoms with Gasteiger partial charge in [0.05, 0.1) is 6.04 Å². The monoisotopic (exact) mass is 469 g/mol. The Hall–Kier alpha value is -4.08. The molecule has 174 valence electrons. The average molecular weight is 469 g/mol. The van der Waals surface area contributed by atoms with Crippen molar-refractivity contribution in [3.63, 3.8) is 0 Å². The third-order valence-electron chi connectivity index (χ3n) is 6.21. The molecule has 1 atom stereocenters. The maximum atomic E-state index is 13.9. The molecule has 2 aliphatic heterocycles. The lowest BCUT2D eigenvalue weighted by Crippen LogP contribution is -2.44. The Morgan fingerprint density at radius 1 is 1.06 bits per heavy atom. The van der Waals surface area contributed by atoms with Crippen LogP contribution in [0.3, 0.4) is 0 Å². The van der Waals surface area contributed by atoms with Crippen molar-refractivity contribution in [2.24, 2.45) is 0 Å². The molecule has 34 heavy (non-hydrogen) atoms. The molecular formula is C24H18F3N3O4. The van der Waals surface area contributed by atoms with Crippen LogP contribution < -0.4 is 10.7 Å². The summed E-state index contributed by atoms with van der Waals surface area (Å²) < 4.78 is 42.1. The Bertz CT molecular complexity index is 1420. The summed E-state index contributed by atoms with van der Waals surface area (Å²) in [4.78, 5) is 40.0. The van der Waals surface area contributed by atoms with Crippen LogP contribution in [0.1, 0.15) is 43.6 Å². The highest BCUT2D eigenvalue weighted by Gasteiger charge is 2.37. The topological polar surface area (TPSA) is 91.6 Å². The summed E-state index contributed by atoms with van der Waals surface area (Å²) in [6.45, 7) is 0.0514. The Morgan fingerprint density at radius 3 is 2.56 bits per heavy atom. The van der Waals surface area contributed by atoms with Gasteiger partial charge >= 0.3 is 0 Å². The number of aromatic nitrogens is 1. The number of pyridine rings is 1. The van der Waals surface area contributed by atoms with Gasteiger partial charge in [0.2, 0.25) is 5.43 Å². The molecule has 0 unspecified atom stereocenters. The van der Waals surface area contributed by atoms with Crippen molar-refractivity contribution < 1.29 is 27.9 Å². The van der Waals surface area contributed by atoms with Gasteiger partial charge in [-0.2, -0.15) is 0 Å². The van der Waals surface area contributed by atoms with Crippen molar-refractivity contribution in [2.45, 2.75) is 25.6 Å². The highest BCUT2D eigenvalue weighted by atomic mass is 19.1. The van der Waals surface area contributed by atoms with E-state index < -0.39 is 52.0 Å². The minimum Gasteiger partial charge on any atom is -0.503 e. The van der Waals surface area contributed by atoms with Gasteiger partial charge < -0.3 is 19.9 Å². The predicted molar refractivity (Wildman–Crippen MR) is 114 cm³/mol. The first-order chi connectivity index (χ1) is 16.2. The molecule has 2 N–H and O–H groups in total. The zero-order valence-corrected chi connectivity index (χ0v) is 17.6. The third kappa shape index (κ3) is 3.60. The summed E-state index contributed by atoms with van der Waals surface area (Å²) in [5.41, 5.74) is -0.254. The number of hydrogen-bond donors (Lipinski definition) is 2. The Balaban J connectivity index is 1.50. The average Bonchev–Trinajstić information content (AvgIpc) is 2.96. The first kappa shape index (κ1) is 21.7. The lowest BCUT2D eigenvalue weighted by Gasteiger charge is -2.34. The van der Waals surface area contributed by atoms with Crippen LogP contribution >= 0.6 is 0 Å². The van der Waals surface area contributed by atoms with Gasteiger partial charge in [0, 0.05) is 37.5 Å². The van der Waals surface area contributed by atoms with Crippen molar-refractivity contribution in [3.8, 4) is 5.75 Å². The molecule has 0 fully saturated rings. The first-order valence-electron chi connectivity index (χ1n) is 10.5. The molecule has 3 aromatic rings. The summed E-state index contributed by atoms with van der Waals surface area (Å²) >= 11 is 0. The second kappa shape index (κ2) is 8.05. The van der Waals surface area contributed by atoms with Crippen LogP contribution in [0.2, 0.25) is 0 Å². The maximum absolute atomic E-state index is 13.9. The molecule has 0 radical (unpaired) electrons. The minimum atomic E-state index is -1.04. The van der Waals surface area contributed by atoms with Crippen LogP contribution in [0.25, 0.3) is 0 Å². The van der Waals surface area contributed by atoms with E-state index >= 15 is 0 Å². The van der Waals surface area contributed by atoms with Crippen LogP contribution in [0, 0.1) is 17.5 Å². The smallest absolute Gasteiger partial charge is 0.274 e. The van der Waals surface area contributed by atoms with E-state index in [1.54, 1.807) is 6.07 Å². The van der Waals surface area contributed by atoms with Crippen LogP contribution in [-0.4, -0.2) is 32.9 Å². The summed E-state index contributed by atoms with van der Waals surface area (Å²) in [5.74, 6) is -4.41. The standard InChI is InChI=1S/C24H18F3N3O4/c25-15-3-1-12-6-17-10-29(9-14(12)5-15)24(34)20-22(32)21(31)18(11-30(17)20)23(33)28-8-13-2-4-16(26)7-19(13)27/h1-5,7,11,17,32H,6,8-10H2,(H,28,33)/t17-/m0/s1. The number of halogens is 3. The Morgan fingerprint density at radius 2 is 1.79 bits per heavy atom. The molecule has 2 bridgehead atoms. The summed E-state index contributed by atoms with van der Waals surface area (Å²) in [6, 6.07) is 6.77. The summed E-state index contributed by atoms with van der Waals surface area (Å²) in [5, 5.41) is 13.0. The van der Waals surface area contributed by atoms with E-state index in [1.165, 1.54) is 33.9 Å². The second-order valence-corrected chi connectivity index (χ2v) is 8.35. The van der Waals surface area contributed by atoms with Crippen LogP contribution in [0.5, 0.6) is 5.75 Å². The fourth-order valence-corrected chi connectivity index (χ4v) is 4.49. The fraction of sp³-hybridized carbons (Fsp3) is 0.208. The molecule has 2 aliphatic rings. The number of hydrogen-bond acceptors (Lipinski definition) is 4. The molecule has 1 aromatic heterocycles. The number of aromatic hydroxyl groups is 1. The number of benzene rings is 2. The Labute approximate surface area is 191 Å². The minimum absolute atomic E-state index is 0.00969. The van der Waals surface area contributed by atoms with Crippen molar-refractivity contribution >= 4 is 11.8 Å². The van der Waals surface area contributed by atoms with Crippen LogP contribution in [-0.2, 0) is 19.5 Å². The van der Waals surface area contributed by atoms with E-state index in [9.17, 15) is 32.7 Å². The fourth-order valence-electron chi connectivity index (χ4n) is 4.49. The predicted octanol–water partition coefficient (Wildman–Crippen LogP) is 2.65. The van der Waals surface area contributed by atoms with E-state index in [4.69, 9.17) is 0 Å². The number of nitrogens with zero attached hydrogens (tertiary/aromatic N) is 2. The van der Waals surface area contributed by atoms with E-state index in [0.29, 0.717) is 18.1 Å². The second-order valence-electron chi connectivity index (χ2n) is 8.35. The number of carbonyl (C=O) groups excluding carboxylic acids is 2. The largest absolute Gasteiger partial charge is 0.503 e. The highest BCUT2D eigenvalue weighted by molar-refractivity contribution is 5.99. The van der Waals surface area contributed by atoms with Gasteiger partial charge in [0.25, 0.3) is 11.8 Å². The highest BCUT2D eigenvalue weighted by Crippen LogP contribution is 2.33. The normalized spacial score (nSPS) is 16.5. The SMILES string of the molecule is O=C(NCc1ccc(F)cc1F)c1cn2c(c(O)c1=O)C(=O)N1Cc3cc(F)ccc3C[C@H]2C1. The number of amides is 2. The molecule has 10 heteroatoms. The van der Waals surface area contributed by atoms with E-state index in [2.05, 4.69) is 5.32 Å². The Kier molecular flexibility index (Phi) is 5.15. The van der Waals surface area contributed by atoms with Crippen molar-refractivity contribution in [3.05, 3.63) is 98.2 Å². The molecule has 0 spiro atoms. The molecular weight excluding hydrogens is 451 g/mol. The van der Waals surface area contributed by atoms with Gasteiger partial charge in [-0.1, -0.05) is 12.1 Å². The molecule has 0 saturated heterocycles. The van der Waals surface area contributed by atoms with Crippen molar-refractivity contribution in [1.82, 2.24) is 14.8 Å². The van der Waals surface area contributed by atoms with Gasteiger partial charge in [-0.15, -0.1) is 0 Å². The molecule has 5 rings (SSSR count). The zero-order valence-electron chi connectivity index (χ0n) is 17.6. The van der Waals surface area contributed by atoms with E-state index in [0.717, 1.165) is 11.6 Å². The zero-order chi connectivity index (χ0) is 24.1. The van der Waals surface area contributed by atoms with Gasteiger partial charge in [0.1, 0.15) is 23.0 Å². The number of nitrogens with one attached hydrogen (secondary N) is 1. The van der Waals surface area contributed by atoms with Crippen LogP contribution in [0.4, 0.5) is 13.2 Å². The molecule has 3 heterocycles. The van der Waals surface area contributed by atoms with E-state index in [-0.39, 0.29) is 30.9 Å². The first-order valence-corrected chi connectivity index (χ1v) is 10.5. The van der Waals surface area contributed by atoms with E-state index in [1.807, 2.05) is 0 Å². The number of carbonyl (C=O) groups is 2. The van der Waals surface area contributed by atoms with Gasteiger partial charge in [0.15, 0.2) is 11.4 Å². The number of fused-ring (bicyclic) bond motifs is 5. The van der Waals surface area contributed by atoms with Crippen molar-refractivity contribution in [2.75, 3.05) is 6.54 Å². The molecule has 2 aromatic carbocycles. The van der Waals surface area contributed by atoms with Gasteiger partial charge in [-0.05, 0) is 35.7 Å². The molecule has 0 saturated carbocycles. The van der Waals surface area contributed by atoms with Crippen molar-refractivity contribution in [1.29, 1.82) is 0 Å². The molecule has 0 aliphatic carbocycles. The summed E-state index contributed by atoms with van der Waals surface area (Å²) in [7, 11) is 0. The molecule has 2 amide bonds. The maximum Gasteiger partial charge on any atom is 0.274 e. The van der Waals surface area contributed by atoms with Crippen LogP contribution in [0.15, 0.2) is 47.4 Å². The summed E-state index contributed by atoms with van der Waals surface area (Å²) in [6.07, 6.45) is 1.60. The molecule has 7 nitrogen and oxygen atoms in total. The lowest BCUT2D eigenvalue weighted by atomic mass is 10.0. The lowest BCUT2D eigenvalue weighted by molar-refractivity contribution is 0.0653. The van der Waals surface area contributed by atoms with Gasteiger partial charge in [-0.25, -0.2) is 13.2 Å². The number of rotatable bonds is 3. The quantitative estimate of drug-likeness (QED) is 0.617.